The third-order valence-electron chi connectivity index (χ3n) is 4.37. The second kappa shape index (κ2) is 8.60. The molecule has 1 aliphatic rings. The minimum atomic E-state index is -3.63. The number of sulfonamides is 1. The molecular weight excluding hydrogens is 326 g/mol. The van der Waals surface area contributed by atoms with Gasteiger partial charge in [0.05, 0.1) is 4.90 Å². The van der Waals surface area contributed by atoms with E-state index < -0.39 is 10.0 Å². The number of hydrogen-bond donors (Lipinski definition) is 2. The molecule has 0 radical (unpaired) electrons. The molecule has 1 aromatic rings. The molecule has 0 bridgehead atoms. The van der Waals surface area contributed by atoms with Crippen molar-refractivity contribution in [2.45, 2.75) is 37.5 Å². The summed E-state index contributed by atoms with van der Waals surface area (Å²) in [5.74, 6) is 0.836. The summed E-state index contributed by atoms with van der Waals surface area (Å²) in [6.45, 7) is 5.38. The van der Waals surface area contributed by atoms with Crippen LogP contribution in [0.1, 0.15) is 31.7 Å². The first-order chi connectivity index (χ1) is 11.4. The SMILES string of the molecule is CC1CCCN(C(=O)CCNCCc2ccc(S(N)(=O)=O)cc2)C1. The maximum Gasteiger partial charge on any atom is 0.238 e. The van der Waals surface area contributed by atoms with Gasteiger partial charge in [0.2, 0.25) is 15.9 Å². The molecule has 1 amide bonds. The summed E-state index contributed by atoms with van der Waals surface area (Å²) < 4.78 is 22.4. The number of rotatable bonds is 7. The molecule has 0 aromatic heterocycles. The van der Waals surface area contributed by atoms with Crippen LogP contribution in [0.2, 0.25) is 0 Å². The van der Waals surface area contributed by atoms with E-state index in [2.05, 4.69) is 12.2 Å². The number of nitrogens with one attached hydrogen (secondary N) is 1. The molecule has 2 rings (SSSR count). The minimum absolute atomic E-state index is 0.126. The van der Waals surface area contributed by atoms with Crippen LogP contribution in [0.5, 0.6) is 0 Å². The van der Waals surface area contributed by atoms with Gasteiger partial charge in [0, 0.05) is 26.1 Å². The first-order valence-corrected chi connectivity index (χ1v) is 10.0. The Morgan fingerprint density at radius 3 is 2.62 bits per heavy atom. The van der Waals surface area contributed by atoms with Crippen LogP contribution in [0.4, 0.5) is 0 Å². The van der Waals surface area contributed by atoms with Gasteiger partial charge in [-0.2, -0.15) is 0 Å². The van der Waals surface area contributed by atoms with Crippen LogP contribution in [-0.2, 0) is 21.2 Å². The molecule has 1 atom stereocenters. The van der Waals surface area contributed by atoms with Crippen molar-refractivity contribution < 1.29 is 13.2 Å². The van der Waals surface area contributed by atoms with Crippen molar-refractivity contribution in [3.8, 4) is 0 Å². The second-order valence-electron chi connectivity index (χ2n) is 6.53. The zero-order valence-corrected chi connectivity index (χ0v) is 15.0. The molecule has 6 nitrogen and oxygen atoms in total. The van der Waals surface area contributed by atoms with E-state index in [0.717, 1.165) is 38.0 Å². The summed E-state index contributed by atoms with van der Waals surface area (Å²) >= 11 is 0. The third kappa shape index (κ3) is 5.89. The molecule has 1 unspecified atom stereocenters. The second-order valence-corrected chi connectivity index (χ2v) is 8.09. The number of benzene rings is 1. The number of amides is 1. The molecule has 1 aliphatic heterocycles. The number of carbonyl (C=O) groups excluding carboxylic acids is 1. The molecule has 3 N–H and O–H groups in total. The zero-order valence-electron chi connectivity index (χ0n) is 14.2. The third-order valence-corrected chi connectivity index (χ3v) is 5.30. The Kier molecular flexibility index (Phi) is 6.77. The van der Waals surface area contributed by atoms with Gasteiger partial charge >= 0.3 is 0 Å². The lowest BCUT2D eigenvalue weighted by atomic mass is 10.00. The van der Waals surface area contributed by atoms with Crippen molar-refractivity contribution in [1.29, 1.82) is 0 Å². The van der Waals surface area contributed by atoms with Gasteiger partial charge in [-0.05, 0) is 49.4 Å². The van der Waals surface area contributed by atoms with E-state index in [1.54, 1.807) is 12.1 Å². The highest BCUT2D eigenvalue weighted by Gasteiger charge is 2.20. The number of primary sulfonamides is 1. The average Bonchev–Trinajstić information content (AvgIpc) is 2.54. The predicted octanol–water partition coefficient (Wildman–Crippen LogP) is 1.11. The van der Waals surface area contributed by atoms with E-state index in [-0.39, 0.29) is 10.8 Å². The lowest BCUT2D eigenvalue weighted by Gasteiger charge is -2.31. The highest BCUT2D eigenvalue weighted by atomic mass is 32.2. The summed E-state index contributed by atoms with van der Waals surface area (Å²) in [6.07, 6.45) is 3.62. The summed E-state index contributed by atoms with van der Waals surface area (Å²) in [5.41, 5.74) is 1.03. The van der Waals surface area contributed by atoms with Gasteiger partial charge in [-0.1, -0.05) is 19.1 Å². The Morgan fingerprint density at radius 2 is 2.00 bits per heavy atom. The van der Waals surface area contributed by atoms with Crippen LogP contribution in [0.15, 0.2) is 29.2 Å². The Hall–Kier alpha value is -1.44. The number of nitrogens with zero attached hydrogens (tertiary/aromatic N) is 1. The van der Waals surface area contributed by atoms with Crippen molar-refractivity contribution in [3.05, 3.63) is 29.8 Å². The Balaban J connectivity index is 1.65. The number of likely N-dealkylation sites (tertiary alicyclic amines) is 1. The van der Waals surface area contributed by atoms with Gasteiger partial charge in [0.15, 0.2) is 0 Å². The first kappa shape index (κ1) is 18.9. The van der Waals surface area contributed by atoms with E-state index in [0.29, 0.717) is 18.9 Å². The maximum atomic E-state index is 12.1. The summed E-state index contributed by atoms with van der Waals surface area (Å²) in [6, 6.07) is 6.57. The van der Waals surface area contributed by atoms with Crippen LogP contribution < -0.4 is 10.5 Å². The molecule has 134 valence electrons. The normalized spacial score (nSPS) is 18.6. The monoisotopic (exact) mass is 353 g/mol. The Labute approximate surface area is 144 Å². The van der Waals surface area contributed by atoms with Gasteiger partial charge in [-0.25, -0.2) is 13.6 Å². The molecular formula is C17H27N3O3S. The van der Waals surface area contributed by atoms with Crippen molar-refractivity contribution in [1.82, 2.24) is 10.2 Å². The predicted molar refractivity (Wildman–Crippen MR) is 94.0 cm³/mol. The zero-order chi connectivity index (χ0) is 17.6. The quantitative estimate of drug-likeness (QED) is 0.718. The largest absolute Gasteiger partial charge is 0.342 e. The number of carbonyl (C=O) groups is 1. The maximum absolute atomic E-state index is 12.1. The molecule has 0 spiro atoms. The molecule has 1 aromatic carbocycles. The van der Waals surface area contributed by atoms with Crippen LogP contribution in [0, 0.1) is 5.92 Å². The van der Waals surface area contributed by atoms with Crippen molar-refractivity contribution in [2.75, 3.05) is 26.2 Å². The topological polar surface area (TPSA) is 92.5 Å². The lowest BCUT2D eigenvalue weighted by Crippen LogP contribution is -2.40. The Bertz CT molecular complexity index is 644. The number of piperidine rings is 1. The van der Waals surface area contributed by atoms with E-state index in [1.807, 2.05) is 4.90 Å². The summed E-state index contributed by atoms with van der Waals surface area (Å²) in [5, 5.41) is 8.34. The van der Waals surface area contributed by atoms with Crippen LogP contribution in [-0.4, -0.2) is 45.4 Å². The van der Waals surface area contributed by atoms with E-state index >= 15 is 0 Å². The fourth-order valence-electron chi connectivity index (χ4n) is 2.97. The Morgan fingerprint density at radius 1 is 1.29 bits per heavy atom. The molecule has 0 saturated carbocycles. The minimum Gasteiger partial charge on any atom is -0.342 e. The molecule has 1 heterocycles. The fourth-order valence-corrected chi connectivity index (χ4v) is 3.49. The van der Waals surface area contributed by atoms with Gasteiger partial charge in [0.25, 0.3) is 0 Å². The fraction of sp³-hybridized carbons (Fsp3) is 0.588. The van der Waals surface area contributed by atoms with Crippen LogP contribution >= 0.6 is 0 Å². The number of nitrogens with two attached hydrogens (primary N) is 1. The first-order valence-electron chi connectivity index (χ1n) is 8.46. The molecule has 0 aliphatic carbocycles. The van der Waals surface area contributed by atoms with Crippen molar-refractivity contribution in [3.63, 3.8) is 0 Å². The van der Waals surface area contributed by atoms with Gasteiger partial charge in [0.1, 0.15) is 0 Å². The lowest BCUT2D eigenvalue weighted by molar-refractivity contribution is -0.132. The standard InChI is InChI=1S/C17H27N3O3S/c1-14-3-2-12-20(13-14)17(21)9-11-19-10-8-15-4-6-16(7-5-15)24(18,22)23/h4-7,14,19H,2-3,8-13H2,1H3,(H2,18,22,23). The van der Waals surface area contributed by atoms with Crippen LogP contribution in [0.3, 0.4) is 0 Å². The van der Waals surface area contributed by atoms with Crippen molar-refractivity contribution >= 4 is 15.9 Å². The molecule has 1 fully saturated rings. The number of hydrogen-bond acceptors (Lipinski definition) is 4. The molecule has 1 saturated heterocycles. The van der Waals surface area contributed by atoms with Gasteiger partial charge < -0.3 is 10.2 Å². The molecule has 24 heavy (non-hydrogen) atoms. The highest BCUT2D eigenvalue weighted by Crippen LogP contribution is 2.15. The van der Waals surface area contributed by atoms with E-state index in [4.69, 9.17) is 5.14 Å². The summed E-state index contributed by atoms with van der Waals surface area (Å²) in [7, 11) is -3.63. The average molecular weight is 353 g/mol. The van der Waals surface area contributed by atoms with Crippen LogP contribution in [0.25, 0.3) is 0 Å². The highest BCUT2D eigenvalue weighted by molar-refractivity contribution is 7.89. The molecule has 7 heteroatoms. The smallest absolute Gasteiger partial charge is 0.238 e. The van der Waals surface area contributed by atoms with Gasteiger partial charge in [-0.15, -0.1) is 0 Å². The van der Waals surface area contributed by atoms with E-state index in [1.165, 1.54) is 18.6 Å². The van der Waals surface area contributed by atoms with E-state index in [9.17, 15) is 13.2 Å². The van der Waals surface area contributed by atoms with Gasteiger partial charge in [-0.3, -0.25) is 4.79 Å². The summed E-state index contributed by atoms with van der Waals surface area (Å²) in [4.78, 5) is 14.2. The van der Waals surface area contributed by atoms with Crippen molar-refractivity contribution in [2.24, 2.45) is 11.1 Å².